The molecular weight excluding hydrogens is 244 g/mol. The van der Waals surface area contributed by atoms with Gasteiger partial charge in [-0.15, -0.1) is 0 Å². The highest BCUT2D eigenvalue weighted by Gasteiger charge is 2.26. The first-order chi connectivity index (χ1) is 9.70. The van der Waals surface area contributed by atoms with E-state index >= 15 is 0 Å². The molecule has 1 saturated heterocycles. The van der Waals surface area contributed by atoms with Crippen LogP contribution >= 0.6 is 0 Å². The van der Waals surface area contributed by atoms with Gasteiger partial charge in [0.25, 0.3) is 0 Å². The molecule has 1 atom stereocenters. The van der Waals surface area contributed by atoms with Crippen LogP contribution in [0.15, 0.2) is 18.2 Å². The molecule has 1 unspecified atom stereocenters. The summed E-state index contributed by atoms with van der Waals surface area (Å²) < 4.78 is 0. The summed E-state index contributed by atoms with van der Waals surface area (Å²) in [6.07, 6.45) is 6.92. The van der Waals surface area contributed by atoms with Gasteiger partial charge in [-0.25, -0.2) is 0 Å². The van der Waals surface area contributed by atoms with Crippen LogP contribution in [-0.2, 0) is 6.54 Å². The molecule has 1 heterocycles. The number of benzene rings is 1. The minimum absolute atomic E-state index is 0.741. The number of rotatable bonds is 5. The van der Waals surface area contributed by atoms with Crippen molar-refractivity contribution in [1.29, 1.82) is 0 Å². The van der Waals surface area contributed by atoms with Crippen LogP contribution in [0.2, 0.25) is 0 Å². The lowest BCUT2D eigenvalue weighted by Gasteiger charge is -2.36. The van der Waals surface area contributed by atoms with Gasteiger partial charge in [-0.3, -0.25) is 4.90 Å². The van der Waals surface area contributed by atoms with E-state index in [0.717, 1.165) is 18.6 Å². The molecular formula is C18H28N2. The molecule has 2 fully saturated rings. The predicted molar refractivity (Wildman–Crippen MR) is 85.0 cm³/mol. The Hall–Kier alpha value is -0.860. The second-order valence-electron chi connectivity index (χ2n) is 6.80. The van der Waals surface area contributed by atoms with Crippen molar-refractivity contribution in [3.63, 3.8) is 0 Å². The summed E-state index contributed by atoms with van der Waals surface area (Å²) in [5, 5.41) is 3.72. The van der Waals surface area contributed by atoms with Crippen LogP contribution < -0.4 is 5.32 Å². The third kappa shape index (κ3) is 3.83. The molecule has 2 nitrogen and oxygen atoms in total. The van der Waals surface area contributed by atoms with Gasteiger partial charge in [0.05, 0.1) is 0 Å². The summed E-state index contributed by atoms with van der Waals surface area (Å²) in [5.74, 6) is 0. The molecule has 2 heteroatoms. The van der Waals surface area contributed by atoms with Gasteiger partial charge < -0.3 is 5.32 Å². The number of nitrogens with one attached hydrogen (secondary N) is 1. The maximum atomic E-state index is 3.72. The van der Waals surface area contributed by atoms with E-state index < -0.39 is 0 Å². The van der Waals surface area contributed by atoms with Crippen molar-refractivity contribution in [1.82, 2.24) is 10.2 Å². The summed E-state index contributed by atoms with van der Waals surface area (Å²) in [5.41, 5.74) is 4.27. The molecule has 110 valence electrons. The van der Waals surface area contributed by atoms with Crippen molar-refractivity contribution in [2.75, 3.05) is 13.1 Å². The number of likely N-dealkylation sites (tertiary alicyclic amines) is 1. The van der Waals surface area contributed by atoms with Crippen LogP contribution in [-0.4, -0.2) is 30.1 Å². The Kier molecular flexibility index (Phi) is 4.42. The number of piperidine rings is 1. The Bertz CT molecular complexity index is 430. The third-order valence-corrected chi connectivity index (χ3v) is 4.64. The molecule has 0 radical (unpaired) electrons. The molecule has 0 bridgehead atoms. The minimum atomic E-state index is 0.741. The van der Waals surface area contributed by atoms with E-state index in [1.807, 2.05) is 0 Å². The second kappa shape index (κ2) is 6.28. The van der Waals surface area contributed by atoms with Crippen LogP contribution in [0.1, 0.15) is 48.8 Å². The largest absolute Gasteiger partial charge is 0.312 e. The van der Waals surface area contributed by atoms with Crippen molar-refractivity contribution < 1.29 is 0 Å². The fourth-order valence-corrected chi connectivity index (χ4v) is 3.48. The van der Waals surface area contributed by atoms with Crippen molar-refractivity contribution in [2.45, 2.75) is 64.6 Å². The summed E-state index contributed by atoms with van der Waals surface area (Å²) in [4.78, 5) is 2.70. The van der Waals surface area contributed by atoms with Crippen LogP contribution in [0.5, 0.6) is 0 Å². The lowest BCUT2D eigenvalue weighted by molar-refractivity contribution is 0.137. The van der Waals surface area contributed by atoms with Crippen molar-refractivity contribution in [3.05, 3.63) is 34.9 Å². The van der Waals surface area contributed by atoms with Gasteiger partial charge in [-0.1, -0.05) is 35.7 Å². The number of nitrogens with zero attached hydrogens (tertiary/aromatic N) is 1. The van der Waals surface area contributed by atoms with Gasteiger partial charge >= 0.3 is 0 Å². The van der Waals surface area contributed by atoms with Gasteiger partial charge in [-0.2, -0.15) is 0 Å². The van der Waals surface area contributed by atoms with Crippen molar-refractivity contribution >= 4 is 0 Å². The van der Waals surface area contributed by atoms with E-state index in [1.165, 1.54) is 61.9 Å². The molecule has 1 aliphatic carbocycles. The lowest BCUT2D eigenvalue weighted by atomic mass is 10.00. The first kappa shape index (κ1) is 14.1. The average molecular weight is 272 g/mol. The first-order valence-electron chi connectivity index (χ1n) is 8.25. The monoisotopic (exact) mass is 272 g/mol. The highest BCUT2D eigenvalue weighted by molar-refractivity contribution is 5.28. The normalized spacial score (nSPS) is 24.0. The summed E-state index contributed by atoms with van der Waals surface area (Å²) in [6, 6.07) is 8.55. The summed E-state index contributed by atoms with van der Waals surface area (Å²) in [6.45, 7) is 8.00. The van der Waals surface area contributed by atoms with Gasteiger partial charge in [0, 0.05) is 25.2 Å². The molecule has 0 amide bonds. The zero-order chi connectivity index (χ0) is 13.9. The summed E-state index contributed by atoms with van der Waals surface area (Å²) in [7, 11) is 0. The van der Waals surface area contributed by atoms with E-state index in [-0.39, 0.29) is 0 Å². The highest BCUT2D eigenvalue weighted by Crippen LogP contribution is 2.23. The van der Waals surface area contributed by atoms with E-state index in [4.69, 9.17) is 0 Å². The average Bonchev–Trinajstić information content (AvgIpc) is 3.20. The topological polar surface area (TPSA) is 15.3 Å². The van der Waals surface area contributed by atoms with Crippen LogP contribution in [0.3, 0.4) is 0 Å². The fraction of sp³-hybridized carbons (Fsp3) is 0.667. The predicted octanol–water partition coefficient (Wildman–Crippen LogP) is 3.41. The Morgan fingerprint density at radius 1 is 1.05 bits per heavy atom. The molecule has 1 aromatic rings. The molecule has 0 aromatic heterocycles. The maximum absolute atomic E-state index is 3.72. The molecule has 1 saturated carbocycles. The lowest BCUT2D eigenvalue weighted by Crippen LogP contribution is -2.45. The third-order valence-electron chi connectivity index (χ3n) is 4.64. The summed E-state index contributed by atoms with van der Waals surface area (Å²) >= 11 is 0. The Morgan fingerprint density at radius 3 is 2.50 bits per heavy atom. The quantitative estimate of drug-likeness (QED) is 0.883. The number of hydrogen-bond acceptors (Lipinski definition) is 2. The standard InChI is InChI=1S/C18H28N2/c1-14-9-15(2)11-16(10-14)13-20-8-4-3-5-18(20)12-19-17-6-7-17/h9-11,17-19H,3-8,12-13H2,1-2H3. The fourth-order valence-electron chi connectivity index (χ4n) is 3.48. The van der Waals surface area contributed by atoms with Crippen LogP contribution in [0.25, 0.3) is 0 Å². The number of aryl methyl sites for hydroxylation is 2. The van der Waals surface area contributed by atoms with Gasteiger partial charge in [0.2, 0.25) is 0 Å². The van der Waals surface area contributed by atoms with Gasteiger partial charge in [0.15, 0.2) is 0 Å². The Balaban J connectivity index is 1.62. The first-order valence-corrected chi connectivity index (χ1v) is 8.25. The minimum Gasteiger partial charge on any atom is -0.312 e. The maximum Gasteiger partial charge on any atom is 0.0237 e. The highest BCUT2D eigenvalue weighted by atomic mass is 15.2. The molecule has 0 spiro atoms. The Labute approximate surface area is 123 Å². The van der Waals surface area contributed by atoms with Gasteiger partial charge in [0.1, 0.15) is 0 Å². The zero-order valence-electron chi connectivity index (χ0n) is 13.0. The van der Waals surface area contributed by atoms with Crippen LogP contribution in [0, 0.1) is 13.8 Å². The molecule has 1 aromatic carbocycles. The van der Waals surface area contributed by atoms with Crippen LogP contribution in [0.4, 0.5) is 0 Å². The molecule has 2 aliphatic rings. The molecule has 1 N–H and O–H groups in total. The smallest absolute Gasteiger partial charge is 0.0237 e. The molecule has 20 heavy (non-hydrogen) atoms. The van der Waals surface area contributed by atoms with E-state index in [2.05, 4.69) is 42.3 Å². The van der Waals surface area contributed by atoms with Crippen molar-refractivity contribution in [3.8, 4) is 0 Å². The van der Waals surface area contributed by atoms with E-state index in [0.29, 0.717) is 0 Å². The van der Waals surface area contributed by atoms with Crippen molar-refractivity contribution in [2.24, 2.45) is 0 Å². The van der Waals surface area contributed by atoms with E-state index in [1.54, 1.807) is 0 Å². The van der Waals surface area contributed by atoms with E-state index in [9.17, 15) is 0 Å². The van der Waals surface area contributed by atoms with Gasteiger partial charge in [-0.05, 0) is 51.6 Å². The molecule has 1 aliphatic heterocycles. The number of hydrogen-bond donors (Lipinski definition) is 1. The Morgan fingerprint density at radius 2 is 1.80 bits per heavy atom. The molecule has 3 rings (SSSR count). The zero-order valence-corrected chi connectivity index (χ0v) is 13.0. The second-order valence-corrected chi connectivity index (χ2v) is 6.80. The SMILES string of the molecule is Cc1cc(C)cc(CN2CCCCC2CNC2CC2)c1.